The number of aliphatic imine (C=N–C) groups is 1. The second-order valence-corrected chi connectivity index (χ2v) is 4.76. The molecule has 1 heterocycles. The maximum atomic E-state index is 5.44. The lowest BCUT2D eigenvalue weighted by atomic mass is 9.89. The van der Waals surface area contributed by atoms with Crippen LogP contribution in [0.4, 0.5) is 5.69 Å². The van der Waals surface area contributed by atoms with Crippen LogP contribution in [0.3, 0.4) is 0 Å². The molecule has 1 N–H and O–H groups in total. The molecule has 3 rings (SSSR count). The number of nitrogens with one attached hydrogen (secondary N) is 1. The topological polar surface area (TPSA) is 33.6 Å². The Morgan fingerprint density at radius 1 is 1.24 bits per heavy atom. The predicted octanol–water partition coefficient (Wildman–Crippen LogP) is 2.67. The number of amidine groups is 1. The van der Waals surface area contributed by atoms with Gasteiger partial charge in [0.1, 0.15) is 6.61 Å². The number of hydrogen-bond acceptors (Lipinski definition) is 3. The summed E-state index contributed by atoms with van der Waals surface area (Å²) < 4.78 is 5.44. The number of ether oxygens (including phenoxy) is 1. The minimum absolute atomic E-state index is 0.687. The molecule has 0 radical (unpaired) electrons. The van der Waals surface area contributed by atoms with Gasteiger partial charge in [0.25, 0.3) is 6.02 Å². The number of anilines is 1. The summed E-state index contributed by atoms with van der Waals surface area (Å²) in [6.45, 7) is 3.62. The summed E-state index contributed by atoms with van der Waals surface area (Å²) in [5, 5.41) is 3.37. The lowest BCUT2D eigenvalue weighted by Crippen LogP contribution is -2.16. The van der Waals surface area contributed by atoms with E-state index in [1.165, 1.54) is 48.1 Å². The van der Waals surface area contributed by atoms with E-state index in [1.54, 1.807) is 0 Å². The molecule has 1 aliphatic heterocycles. The van der Waals surface area contributed by atoms with Crippen molar-refractivity contribution in [1.82, 2.24) is 0 Å². The molecular formula is C14H18N2O. The third-order valence-corrected chi connectivity index (χ3v) is 3.56. The SMILES string of the molecule is Cc1ccc2c(c1NC1=NCCO1)CCCC2. The van der Waals surface area contributed by atoms with E-state index in [0.29, 0.717) is 12.6 Å². The van der Waals surface area contributed by atoms with Crippen molar-refractivity contribution >= 4 is 11.7 Å². The molecule has 1 aromatic carbocycles. The molecule has 1 aromatic rings. The third-order valence-electron chi connectivity index (χ3n) is 3.56. The van der Waals surface area contributed by atoms with E-state index in [-0.39, 0.29) is 0 Å². The van der Waals surface area contributed by atoms with Crippen LogP contribution in [0.1, 0.15) is 29.5 Å². The van der Waals surface area contributed by atoms with Gasteiger partial charge in [-0.1, -0.05) is 12.1 Å². The van der Waals surface area contributed by atoms with Gasteiger partial charge >= 0.3 is 0 Å². The van der Waals surface area contributed by atoms with Crippen LogP contribution >= 0.6 is 0 Å². The Morgan fingerprint density at radius 3 is 2.94 bits per heavy atom. The molecule has 3 nitrogen and oxygen atoms in total. The summed E-state index contributed by atoms with van der Waals surface area (Å²) in [6, 6.07) is 5.15. The highest BCUT2D eigenvalue weighted by Crippen LogP contribution is 2.31. The molecule has 90 valence electrons. The molecule has 0 bridgehead atoms. The fourth-order valence-corrected chi connectivity index (χ4v) is 2.64. The Morgan fingerprint density at radius 2 is 2.12 bits per heavy atom. The van der Waals surface area contributed by atoms with Gasteiger partial charge in [-0.25, -0.2) is 4.99 Å². The van der Waals surface area contributed by atoms with Gasteiger partial charge in [-0.15, -0.1) is 0 Å². The zero-order valence-electron chi connectivity index (χ0n) is 10.3. The van der Waals surface area contributed by atoms with Crippen LogP contribution in [0.2, 0.25) is 0 Å². The highest BCUT2D eigenvalue weighted by atomic mass is 16.5. The summed E-state index contributed by atoms with van der Waals surface area (Å²) in [5.74, 6) is 0. The minimum atomic E-state index is 0.687. The Kier molecular flexibility index (Phi) is 2.75. The molecule has 0 saturated carbocycles. The van der Waals surface area contributed by atoms with Crippen LogP contribution in [0, 0.1) is 6.92 Å². The highest BCUT2D eigenvalue weighted by Gasteiger charge is 2.17. The van der Waals surface area contributed by atoms with E-state index in [1.807, 2.05) is 0 Å². The van der Waals surface area contributed by atoms with Crippen molar-refractivity contribution in [2.24, 2.45) is 4.99 Å². The van der Waals surface area contributed by atoms with Crippen molar-refractivity contribution in [3.05, 3.63) is 28.8 Å². The number of rotatable bonds is 1. The quantitative estimate of drug-likeness (QED) is 0.804. The molecule has 0 atom stereocenters. The molecule has 0 amide bonds. The molecule has 1 aliphatic carbocycles. The summed E-state index contributed by atoms with van der Waals surface area (Å²) >= 11 is 0. The Balaban J connectivity index is 1.96. The Bertz CT molecular complexity index is 466. The largest absolute Gasteiger partial charge is 0.463 e. The molecule has 0 fully saturated rings. The van der Waals surface area contributed by atoms with Crippen molar-refractivity contribution in [3.63, 3.8) is 0 Å². The first-order valence-electron chi connectivity index (χ1n) is 6.40. The van der Waals surface area contributed by atoms with Gasteiger partial charge in [-0.05, 0) is 49.3 Å². The zero-order chi connectivity index (χ0) is 11.7. The van der Waals surface area contributed by atoms with Gasteiger partial charge in [-0.2, -0.15) is 0 Å². The third kappa shape index (κ3) is 2.02. The van der Waals surface area contributed by atoms with E-state index in [4.69, 9.17) is 4.74 Å². The zero-order valence-corrected chi connectivity index (χ0v) is 10.3. The van der Waals surface area contributed by atoms with Crippen molar-refractivity contribution in [2.45, 2.75) is 32.6 Å². The monoisotopic (exact) mass is 230 g/mol. The van der Waals surface area contributed by atoms with Crippen molar-refractivity contribution in [1.29, 1.82) is 0 Å². The lowest BCUT2D eigenvalue weighted by Gasteiger charge is -2.21. The summed E-state index contributed by atoms with van der Waals surface area (Å²) in [6.07, 6.45) is 4.98. The minimum Gasteiger partial charge on any atom is -0.463 e. The second-order valence-electron chi connectivity index (χ2n) is 4.76. The van der Waals surface area contributed by atoms with Crippen molar-refractivity contribution in [3.8, 4) is 0 Å². The molecule has 2 aliphatic rings. The van der Waals surface area contributed by atoms with Gasteiger partial charge in [-0.3, -0.25) is 0 Å². The standard InChI is InChI=1S/C14H18N2O/c1-10-6-7-11-4-2-3-5-12(11)13(10)16-14-15-8-9-17-14/h6-7H,2-5,8-9H2,1H3,(H,15,16). The van der Waals surface area contributed by atoms with Crippen LogP contribution < -0.4 is 5.32 Å². The smallest absolute Gasteiger partial charge is 0.289 e. The van der Waals surface area contributed by atoms with E-state index < -0.39 is 0 Å². The van der Waals surface area contributed by atoms with E-state index in [9.17, 15) is 0 Å². The first kappa shape index (κ1) is 10.6. The number of nitrogens with zero attached hydrogens (tertiary/aromatic N) is 1. The molecule has 3 heteroatoms. The normalized spacial score (nSPS) is 18.3. The molecule has 0 saturated heterocycles. The summed E-state index contributed by atoms with van der Waals surface area (Å²) in [4.78, 5) is 4.30. The second kappa shape index (κ2) is 4.40. The summed E-state index contributed by atoms with van der Waals surface area (Å²) in [7, 11) is 0. The lowest BCUT2D eigenvalue weighted by molar-refractivity contribution is 0.346. The van der Waals surface area contributed by atoms with Crippen LogP contribution in [-0.4, -0.2) is 19.2 Å². The van der Waals surface area contributed by atoms with Gasteiger partial charge in [0, 0.05) is 5.69 Å². The predicted molar refractivity (Wildman–Crippen MR) is 69.7 cm³/mol. The molecular weight excluding hydrogens is 212 g/mol. The Hall–Kier alpha value is -1.51. The average Bonchev–Trinajstić information content (AvgIpc) is 2.86. The van der Waals surface area contributed by atoms with Crippen LogP contribution in [0.5, 0.6) is 0 Å². The number of fused-ring (bicyclic) bond motifs is 1. The van der Waals surface area contributed by atoms with Crippen LogP contribution in [-0.2, 0) is 17.6 Å². The molecule has 0 aromatic heterocycles. The van der Waals surface area contributed by atoms with Gasteiger partial charge < -0.3 is 10.1 Å². The average molecular weight is 230 g/mol. The van der Waals surface area contributed by atoms with E-state index >= 15 is 0 Å². The molecule has 17 heavy (non-hydrogen) atoms. The fourth-order valence-electron chi connectivity index (χ4n) is 2.64. The molecule has 0 unspecified atom stereocenters. The van der Waals surface area contributed by atoms with Crippen LogP contribution in [0.25, 0.3) is 0 Å². The van der Waals surface area contributed by atoms with Crippen molar-refractivity contribution < 1.29 is 4.74 Å². The first-order valence-corrected chi connectivity index (χ1v) is 6.40. The van der Waals surface area contributed by atoms with E-state index in [0.717, 1.165) is 6.54 Å². The van der Waals surface area contributed by atoms with Gasteiger partial charge in [0.05, 0.1) is 6.54 Å². The van der Waals surface area contributed by atoms with Gasteiger partial charge in [0.2, 0.25) is 0 Å². The van der Waals surface area contributed by atoms with Crippen LogP contribution in [0.15, 0.2) is 17.1 Å². The van der Waals surface area contributed by atoms with Gasteiger partial charge in [0.15, 0.2) is 0 Å². The van der Waals surface area contributed by atoms with E-state index in [2.05, 4.69) is 29.4 Å². The Labute approximate surface area is 102 Å². The number of aryl methyl sites for hydroxylation is 2. The maximum Gasteiger partial charge on any atom is 0.289 e. The maximum absolute atomic E-state index is 5.44. The van der Waals surface area contributed by atoms with Crippen molar-refractivity contribution in [2.75, 3.05) is 18.5 Å². The molecule has 0 spiro atoms. The number of benzene rings is 1. The fraction of sp³-hybridized carbons (Fsp3) is 0.500. The summed E-state index contributed by atoms with van der Waals surface area (Å²) in [5.41, 5.74) is 5.46. The number of hydrogen-bond donors (Lipinski definition) is 1. The highest BCUT2D eigenvalue weighted by molar-refractivity contribution is 5.91. The first-order chi connectivity index (χ1) is 8.34.